The molecule has 7 heteroatoms. The third-order valence-corrected chi connectivity index (χ3v) is 3.71. The molecule has 0 saturated carbocycles. The summed E-state index contributed by atoms with van der Waals surface area (Å²) in [6.45, 7) is 23.2. The fourth-order valence-electron chi connectivity index (χ4n) is 2.31. The van der Waals surface area contributed by atoms with Gasteiger partial charge in [-0.05, 0) is 0 Å². The van der Waals surface area contributed by atoms with Crippen LogP contribution in [0.25, 0.3) is 0 Å². The van der Waals surface area contributed by atoms with Crippen LogP contribution in [0.1, 0.15) is 73.2 Å². The molecule has 2 aromatic heterocycles. The molecule has 2 N–H and O–H groups in total. The number of H-pyrrole nitrogens is 2. The van der Waals surface area contributed by atoms with Crippen molar-refractivity contribution in [1.82, 2.24) is 9.97 Å². The Labute approximate surface area is 215 Å². The van der Waals surface area contributed by atoms with Gasteiger partial charge in [-0.15, -0.1) is 11.4 Å². The van der Waals surface area contributed by atoms with E-state index in [2.05, 4.69) is 37.7 Å². The van der Waals surface area contributed by atoms with Gasteiger partial charge in [-0.2, -0.15) is 12.1 Å². The second-order valence-electron chi connectivity index (χ2n) is 6.41. The van der Waals surface area contributed by atoms with Gasteiger partial charge in [0, 0.05) is 73.8 Å². The normalized spacial score (nSPS) is 9.41. The Hall–Kier alpha value is -0.347. The molecule has 0 aliphatic rings. The molecule has 27 heavy (non-hydrogen) atoms. The van der Waals surface area contributed by atoms with E-state index in [-0.39, 0.29) is 96.8 Å². The average Bonchev–Trinajstić information content (AvgIpc) is 2.46. The number of aromatic nitrogens is 2. The zero-order valence-corrected chi connectivity index (χ0v) is 22.4. The molecule has 0 aliphatic carbocycles. The molecular weight excluding hydrogens is 489 g/mol. The maximum atomic E-state index is 11.0. The molecule has 0 aromatic carbocycles. The van der Waals surface area contributed by atoms with Crippen molar-refractivity contribution >= 4 is 8.41 Å². The first-order valence-electron chi connectivity index (χ1n) is 7.86. The summed E-state index contributed by atoms with van der Waals surface area (Å²) in [6, 6.07) is 2.93. The van der Waals surface area contributed by atoms with E-state index >= 15 is 0 Å². The van der Waals surface area contributed by atoms with Gasteiger partial charge in [-0.1, -0.05) is 39.5 Å². The number of nitrogens with one attached hydrogen (secondary N) is 2. The number of rotatable bonds is 2. The quantitative estimate of drug-likeness (QED) is 0.477. The van der Waals surface area contributed by atoms with E-state index < -0.39 is 0 Å². The molecule has 0 bridgehead atoms. The van der Waals surface area contributed by atoms with Crippen molar-refractivity contribution in [2.24, 2.45) is 0 Å². The second-order valence-corrected chi connectivity index (χ2v) is 6.41. The Balaban J connectivity index is -0.000000384. The molecule has 2 heterocycles. The van der Waals surface area contributed by atoms with E-state index in [1.807, 2.05) is 27.7 Å². The van der Waals surface area contributed by atoms with E-state index in [1.54, 1.807) is 0 Å². The number of hydrogen-bond donors (Lipinski definition) is 2. The van der Waals surface area contributed by atoms with Gasteiger partial charge in [0.2, 0.25) is 0 Å². The van der Waals surface area contributed by atoms with Gasteiger partial charge in [0.1, 0.15) is 0 Å². The van der Waals surface area contributed by atoms with E-state index in [1.165, 1.54) is 12.1 Å². The van der Waals surface area contributed by atoms with Crippen LogP contribution >= 0.6 is 0 Å². The van der Waals surface area contributed by atoms with E-state index in [0.717, 1.165) is 22.5 Å². The van der Waals surface area contributed by atoms with Crippen LogP contribution in [0.15, 0.2) is 21.7 Å². The molecule has 2 rings (SSSR count). The summed E-state index contributed by atoms with van der Waals surface area (Å²) in [7, 11) is 0. The molecule has 4 nitrogen and oxygen atoms in total. The van der Waals surface area contributed by atoms with Crippen LogP contribution in [0.4, 0.5) is 0 Å². The number of aromatic amines is 2. The largest absolute Gasteiger partial charge is 0.401 e. The smallest absolute Gasteiger partial charge is 0.169 e. The van der Waals surface area contributed by atoms with Gasteiger partial charge in [0.25, 0.3) is 0 Å². The summed E-state index contributed by atoms with van der Waals surface area (Å²) in [5, 5.41) is 0. The van der Waals surface area contributed by atoms with E-state index in [0.29, 0.717) is 11.1 Å². The van der Waals surface area contributed by atoms with Crippen molar-refractivity contribution in [1.29, 1.82) is 0 Å². The fourth-order valence-corrected chi connectivity index (χ4v) is 2.31. The second kappa shape index (κ2) is 13.8. The Morgan fingerprint density at radius 1 is 0.704 bits per heavy atom. The zero-order valence-electron chi connectivity index (χ0n) is 16.7. The molecule has 0 unspecified atom stereocenters. The van der Waals surface area contributed by atoms with Crippen LogP contribution < -0.4 is 11.1 Å². The summed E-state index contributed by atoms with van der Waals surface area (Å²) < 4.78 is 0. The summed E-state index contributed by atoms with van der Waals surface area (Å²) >= 11 is 0. The van der Waals surface area contributed by atoms with Gasteiger partial charge in [0.05, 0.1) is 0 Å². The number of pyridine rings is 2. The molecule has 5 radical (unpaired) electrons. The van der Waals surface area contributed by atoms with Crippen molar-refractivity contribution < 1.29 is 65.4 Å². The van der Waals surface area contributed by atoms with Crippen molar-refractivity contribution in [3.8, 4) is 0 Å². The van der Waals surface area contributed by atoms with Crippen molar-refractivity contribution in [2.45, 2.75) is 39.5 Å². The molecule has 0 saturated heterocycles. The van der Waals surface area contributed by atoms with Gasteiger partial charge in [-0.3, -0.25) is 59.5 Å². The number of hydrogen-bond acceptors (Lipinski definition) is 2. The van der Waals surface area contributed by atoms with E-state index in [9.17, 15) is 9.59 Å². The molecule has 141 valence electrons. The van der Waals surface area contributed by atoms with E-state index in [4.69, 9.17) is 0 Å². The Bertz CT molecular complexity index is 758. The molecular formula is C20H26BN2O2Y2-4. The minimum Gasteiger partial charge on any atom is -0.401 e. The fraction of sp³-hybridized carbons (Fsp3) is 0.300. The van der Waals surface area contributed by atoms with Crippen LogP contribution in [0.2, 0.25) is 0 Å². The average molecular weight is 515 g/mol. The summed E-state index contributed by atoms with van der Waals surface area (Å²) in [6.07, 6.45) is 0. The first kappa shape index (κ1) is 31.4. The maximum absolute atomic E-state index is 11.0. The summed E-state index contributed by atoms with van der Waals surface area (Å²) in [5.41, 5.74) is 4.66. The standard InChI is InChI=1S/2C10H13NO.B.2Y/c2*1-6(2)10-8(4)7(3)5-9(12)11-10;;;/h2*5-6H,3-4H2,1-2H3,(H,11,12);;;/q2*-2;;;. The Kier molecular flexibility index (Phi) is 16.0. The van der Waals surface area contributed by atoms with Crippen molar-refractivity contribution in [2.75, 3.05) is 0 Å². The zero-order chi connectivity index (χ0) is 18.6. The third kappa shape index (κ3) is 9.13. The summed E-state index contributed by atoms with van der Waals surface area (Å²) in [4.78, 5) is 27.6. The topological polar surface area (TPSA) is 65.7 Å². The predicted molar refractivity (Wildman–Crippen MR) is 106 cm³/mol. The SMILES string of the molecule is [B].[CH2-]c1cc(=O)[nH]c(C(C)C)c1[CH2-].[CH2-]c1cc(=O)[nH]c(C(C)C)c1[CH2-].[Y].[Y]. The van der Waals surface area contributed by atoms with Crippen LogP contribution in [-0.4, -0.2) is 18.4 Å². The Morgan fingerprint density at radius 3 is 1.19 bits per heavy atom. The minimum atomic E-state index is -0.101. The molecule has 0 fully saturated rings. The van der Waals surface area contributed by atoms with Crippen molar-refractivity contribution in [3.63, 3.8) is 0 Å². The third-order valence-electron chi connectivity index (χ3n) is 3.71. The van der Waals surface area contributed by atoms with Gasteiger partial charge >= 0.3 is 0 Å². The maximum Gasteiger partial charge on any atom is 0.169 e. The Morgan fingerprint density at radius 2 is 0.963 bits per heavy atom. The van der Waals surface area contributed by atoms with Gasteiger partial charge in [-0.25, -0.2) is 0 Å². The summed E-state index contributed by atoms with van der Waals surface area (Å²) in [5.74, 6) is 0.568. The van der Waals surface area contributed by atoms with Gasteiger partial charge < -0.3 is 9.97 Å². The van der Waals surface area contributed by atoms with Gasteiger partial charge in [0.15, 0.2) is 11.1 Å². The van der Waals surface area contributed by atoms with Crippen LogP contribution in [0.3, 0.4) is 0 Å². The molecule has 0 amide bonds. The monoisotopic (exact) mass is 515 g/mol. The molecule has 0 atom stereocenters. The minimum absolute atomic E-state index is 0. The van der Waals surface area contributed by atoms with Crippen LogP contribution in [-0.2, 0) is 65.4 Å². The van der Waals surface area contributed by atoms with Crippen molar-refractivity contribution in [3.05, 3.63) is 94.2 Å². The first-order valence-corrected chi connectivity index (χ1v) is 7.86. The molecule has 0 spiro atoms. The predicted octanol–water partition coefficient (Wildman–Crippen LogP) is 3.34. The molecule has 2 aromatic rings. The molecule has 0 aliphatic heterocycles. The van der Waals surface area contributed by atoms with Crippen LogP contribution in [0.5, 0.6) is 0 Å². The first-order chi connectivity index (χ1) is 11.0. The van der Waals surface area contributed by atoms with Crippen LogP contribution in [0, 0.1) is 27.7 Å².